The molecule has 2 aliphatic rings. The van der Waals surface area contributed by atoms with Crippen LogP contribution in [0, 0.1) is 17.7 Å². The molecule has 1 aromatic carbocycles. The van der Waals surface area contributed by atoms with Gasteiger partial charge in [-0.3, -0.25) is 0 Å². The Morgan fingerprint density at radius 2 is 2.04 bits per heavy atom. The molecule has 2 saturated heterocycles. The Morgan fingerprint density at radius 1 is 1.26 bits per heavy atom. The van der Waals surface area contributed by atoms with Crippen LogP contribution in [0.15, 0.2) is 24.3 Å². The minimum atomic E-state index is -0.797. The first kappa shape index (κ1) is 16.8. The van der Waals surface area contributed by atoms with Crippen molar-refractivity contribution in [1.29, 1.82) is 0 Å². The van der Waals surface area contributed by atoms with Crippen LogP contribution in [-0.2, 0) is 11.2 Å². The summed E-state index contributed by atoms with van der Waals surface area (Å²) >= 11 is 0. The smallest absolute Gasteiger partial charge is 0.124 e. The van der Waals surface area contributed by atoms with Gasteiger partial charge in [-0.25, -0.2) is 8.78 Å². The minimum Gasteiger partial charge on any atom is -0.374 e. The molecule has 2 aliphatic heterocycles. The van der Waals surface area contributed by atoms with Crippen molar-refractivity contribution in [3.63, 3.8) is 0 Å². The molecule has 1 aromatic rings. The maximum absolute atomic E-state index is 13.4. The fourth-order valence-corrected chi connectivity index (χ4v) is 3.94. The predicted molar refractivity (Wildman–Crippen MR) is 87.7 cm³/mol. The van der Waals surface area contributed by atoms with Crippen LogP contribution in [0.3, 0.4) is 0 Å². The number of nitrogens with zero attached hydrogens (tertiary/aromatic N) is 1. The number of likely N-dealkylation sites (tertiary alicyclic amines) is 1. The van der Waals surface area contributed by atoms with Gasteiger partial charge < -0.3 is 9.64 Å². The first-order valence-electron chi connectivity index (χ1n) is 8.82. The van der Waals surface area contributed by atoms with Crippen LogP contribution < -0.4 is 0 Å². The molecular weight excluding hydrogens is 296 g/mol. The lowest BCUT2D eigenvalue weighted by Gasteiger charge is -2.38. The highest BCUT2D eigenvalue weighted by atomic mass is 19.1. The lowest BCUT2D eigenvalue weighted by Crippen LogP contribution is -2.46. The summed E-state index contributed by atoms with van der Waals surface area (Å²) in [5.74, 6) is 0.729. The summed E-state index contributed by atoms with van der Waals surface area (Å²) in [5.41, 5.74) is 1.21. The molecular formula is C19H27F2NO. The average Bonchev–Trinajstić information content (AvgIpc) is 2.53. The van der Waals surface area contributed by atoms with Gasteiger partial charge in [-0.2, -0.15) is 0 Å². The third-order valence-electron chi connectivity index (χ3n) is 5.23. The van der Waals surface area contributed by atoms with E-state index in [4.69, 9.17) is 4.74 Å². The van der Waals surface area contributed by atoms with Crippen LogP contribution in [0.1, 0.15) is 31.7 Å². The number of benzene rings is 1. The minimum absolute atomic E-state index is 0.159. The third-order valence-corrected chi connectivity index (χ3v) is 5.23. The number of ether oxygens (including phenoxy) is 1. The van der Waals surface area contributed by atoms with Gasteiger partial charge in [0, 0.05) is 13.1 Å². The number of rotatable bonds is 4. The van der Waals surface area contributed by atoms with Gasteiger partial charge in [0.1, 0.15) is 12.0 Å². The number of alkyl halides is 1. The molecule has 0 amide bonds. The molecule has 0 N–H and O–H groups in total. The lowest BCUT2D eigenvalue weighted by molar-refractivity contribution is -0.0755. The Morgan fingerprint density at radius 3 is 2.78 bits per heavy atom. The molecule has 1 unspecified atom stereocenters. The molecule has 3 rings (SSSR count). The highest BCUT2D eigenvalue weighted by Crippen LogP contribution is 2.26. The molecule has 2 fully saturated rings. The van der Waals surface area contributed by atoms with Crippen LogP contribution in [-0.4, -0.2) is 43.4 Å². The van der Waals surface area contributed by atoms with Crippen molar-refractivity contribution in [2.75, 3.05) is 26.2 Å². The zero-order valence-corrected chi connectivity index (χ0v) is 13.9. The summed E-state index contributed by atoms with van der Waals surface area (Å²) in [7, 11) is 0. The van der Waals surface area contributed by atoms with E-state index in [2.05, 4.69) is 11.8 Å². The van der Waals surface area contributed by atoms with Gasteiger partial charge in [-0.05, 0) is 61.8 Å². The van der Waals surface area contributed by atoms with Gasteiger partial charge in [0.25, 0.3) is 0 Å². The zero-order chi connectivity index (χ0) is 16.2. The highest BCUT2D eigenvalue weighted by Gasteiger charge is 2.31. The van der Waals surface area contributed by atoms with E-state index < -0.39 is 6.17 Å². The zero-order valence-electron chi connectivity index (χ0n) is 13.9. The van der Waals surface area contributed by atoms with E-state index in [1.165, 1.54) is 18.4 Å². The Bertz CT molecular complexity index is 493. The van der Waals surface area contributed by atoms with Crippen molar-refractivity contribution < 1.29 is 13.5 Å². The Labute approximate surface area is 137 Å². The normalized spacial score (nSPS) is 32.8. The van der Waals surface area contributed by atoms with Crippen molar-refractivity contribution in [1.82, 2.24) is 4.90 Å². The largest absolute Gasteiger partial charge is 0.374 e. The lowest BCUT2D eigenvalue weighted by atomic mass is 9.90. The fraction of sp³-hybridized carbons (Fsp3) is 0.684. The predicted octanol–water partition coefficient (Wildman–Crippen LogP) is 3.84. The number of piperidine rings is 1. The van der Waals surface area contributed by atoms with Crippen molar-refractivity contribution in [2.24, 2.45) is 11.8 Å². The van der Waals surface area contributed by atoms with Crippen LogP contribution in [0.25, 0.3) is 0 Å². The van der Waals surface area contributed by atoms with Crippen molar-refractivity contribution >= 4 is 0 Å². The van der Waals surface area contributed by atoms with Gasteiger partial charge in [-0.1, -0.05) is 19.1 Å². The van der Waals surface area contributed by atoms with Gasteiger partial charge >= 0.3 is 0 Å². The second kappa shape index (κ2) is 7.71. The maximum Gasteiger partial charge on any atom is 0.124 e. The standard InChI is InChI=1S/C19H27F2NO/c1-14-9-18(21)13-23-19(14)12-22-8-2-3-16(11-22)10-15-4-6-17(20)7-5-15/h4-7,14,16,18-19H,2-3,8-13H2,1H3/t14-,16?,18-,19-/m1/s1. The van der Waals surface area contributed by atoms with Gasteiger partial charge in [0.05, 0.1) is 12.7 Å². The maximum atomic E-state index is 13.4. The molecule has 0 aliphatic carbocycles. The quantitative estimate of drug-likeness (QED) is 0.835. The summed E-state index contributed by atoms with van der Waals surface area (Å²) in [6, 6.07) is 6.87. The van der Waals surface area contributed by atoms with E-state index in [-0.39, 0.29) is 24.4 Å². The average molecular weight is 323 g/mol. The molecule has 0 radical (unpaired) electrons. The Balaban J connectivity index is 1.51. The van der Waals surface area contributed by atoms with Crippen LogP contribution >= 0.6 is 0 Å². The molecule has 0 spiro atoms. The van der Waals surface area contributed by atoms with Crippen molar-refractivity contribution in [3.8, 4) is 0 Å². The molecule has 2 heterocycles. The van der Waals surface area contributed by atoms with Gasteiger partial charge in [-0.15, -0.1) is 0 Å². The first-order valence-corrected chi connectivity index (χ1v) is 8.82. The summed E-state index contributed by atoms with van der Waals surface area (Å²) in [4.78, 5) is 2.47. The number of hydrogen-bond acceptors (Lipinski definition) is 2. The van der Waals surface area contributed by atoms with Crippen LogP contribution in [0.5, 0.6) is 0 Å². The molecule has 0 bridgehead atoms. The van der Waals surface area contributed by atoms with Crippen LogP contribution in [0.4, 0.5) is 8.78 Å². The van der Waals surface area contributed by atoms with Gasteiger partial charge in [0.2, 0.25) is 0 Å². The monoisotopic (exact) mass is 323 g/mol. The van der Waals surface area contributed by atoms with Crippen molar-refractivity contribution in [2.45, 2.75) is 44.9 Å². The second-order valence-electron chi connectivity index (χ2n) is 7.28. The number of halogens is 2. The van der Waals surface area contributed by atoms with Crippen molar-refractivity contribution in [3.05, 3.63) is 35.6 Å². The number of hydrogen-bond donors (Lipinski definition) is 0. The first-order chi connectivity index (χ1) is 11.1. The summed E-state index contributed by atoms with van der Waals surface area (Å²) in [6.07, 6.45) is 3.41. The SMILES string of the molecule is C[C@@H]1C[C@@H](F)CO[C@@H]1CN1CCCC(Cc2ccc(F)cc2)C1. The fourth-order valence-electron chi connectivity index (χ4n) is 3.94. The Hall–Kier alpha value is -1.00. The molecule has 4 atom stereocenters. The molecule has 2 nitrogen and oxygen atoms in total. The highest BCUT2D eigenvalue weighted by molar-refractivity contribution is 5.16. The molecule has 4 heteroatoms. The molecule has 23 heavy (non-hydrogen) atoms. The van der Waals surface area contributed by atoms with E-state index in [1.54, 1.807) is 12.1 Å². The van der Waals surface area contributed by atoms with E-state index >= 15 is 0 Å². The van der Waals surface area contributed by atoms with E-state index in [0.29, 0.717) is 12.3 Å². The molecule has 0 aromatic heterocycles. The topological polar surface area (TPSA) is 12.5 Å². The van der Waals surface area contributed by atoms with E-state index in [1.807, 2.05) is 12.1 Å². The van der Waals surface area contributed by atoms with E-state index in [0.717, 1.165) is 26.1 Å². The Kier molecular flexibility index (Phi) is 5.65. The third kappa shape index (κ3) is 4.74. The molecule has 128 valence electrons. The summed E-state index contributed by atoms with van der Waals surface area (Å²) < 4.78 is 32.1. The summed E-state index contributed by atoms with van der Waals surface area (Å²) in [5, 5.41) is 0. The van der Waals surface area contributed by atoms with E-state index in [9.17, 15) is 8.78 Å². The summed E-state index contributed by atoms with van der Waals surface area (Å²) in [6.45, 7) is 5.42. The van der Waals surface area contributed by atoms with Crippen LogP contribution in [0.2, 0.25) is 0 Å². The van der Waals surface area contributed by atoms with Gasteiger partial charge in [0.15, 0.2) is 0 Å². The molecule has 0 saturated carbocycles. The second-order valence-corrected chi connectivity index (χ2v) is 7.28.